The molecule has 15 heavy (non-hydrogen) atoms. The van der Waals surface area contributed by atoms with Gasteiger partial charge in [0.25, 0.3) is 0 Å². The van der Waals surface area contributed by atoms with Crippen LogP contribution in [0.4, 0.5) is 8.78 Å². The van der Waals surface area contributed by atoms with E-state index in [1.54, 1.807) is 0 Å². The van der Waals surface area contributed by atoms with Crippen molar-refractivity contribution in [3.8, 4) is 5.75 Å². The lowest BCUT2D eigenvalue weighted by molar-refractivity contribution is -0.107. The van der Waals surface area contributed by atoms with Crippen LogP contribution in [-0.2, 0) is 11.2 Å². The lowest BCUT2D eigenvalue weighted by atomic mass is 10.1. The van der Waals surface area contributed by atoms with Crippen LogP contribution in [0.1, 0.15) is 12.0 Å². The second-order valence-electron chi connectivity index (χ2n) is 2.84. The van der Waals surface area contributed by atoms with E-state index in [1.165, 1.54) is 18.2 Å². The van der Waals surface area contributed by atoms with Crippen LogP contribution >= 0.6 is 11.6 Å². The highest BCUT2D eigenvalue weighted by atomic mass is 35.5. The van der Waals surface area contributed by atoms with Crippen molar-refractivity contribution in [3.63, 3.8) is 0 Å². The summed E-state index contributed by atoms with van der Waals surface area (Å²) >= 11 is 5.70. The maximum absolute atomic E-state index is 12.0. The molecule has 0 amide bonds. The number of carbonyl (C=O) groups is 1. The molecule has 1 aromatic rings. The predicted octanol–water partition coefficient (Wildman–Crippen LogP) is 3.07. The van der Waals surface area contributed by atoms with Crippen LogP contribution in [-0.4, -0.2) is 12.9 Å². The first-order valence-electron chi connectivity index (χ1n) is 4.30. The molecule has 0 saturated carbocycles. The summed E-state index contributed by atoms with van der Waals surface area (Å²) in [7, 11) is 0. The fourth-order valence-corrected chi connectivity index (χ4v) is 1.36. The largest absolute Gasteiger partial charge is 0.435 e. The topological polar surface area (TPSA) is 26.3 Å². The van der Waals surface area contributed by atoms with Gasteiger partial charge in [-0.2, -0.15) is 8.78 Å². The molecule has 0 heterocycles. The number of carbonyl (C=O) groups excluding carboxylic acids is 1. The number of ether oxygens (including phenoxy) is 1. The minimum Gasteiger partial charge on any atom is -0.435 e. The first kappa shape index (κ1) is 11.9. The van der Waals surface area contributed by atoms with Gasteiger partial charge in [-0.1, -0.05) is 11.6 Å². The summed E-state index contributed by atoms with van der Waals surface area (Å²) in [5, 5.41) is 0.428. The molecule has 0 unspecified atom stereocenters. The Morgan fingerprint density at radius 1 is 1.47 bits per heavy atom. The fourth-order valence-electron chi connectivity index (χ4n) is 1.17. The van der Waals surface area contributed by atoms with Crippen LogP contribution in [0.3, 0.4) is 0 Å². The fraction of sp³-hybridized carbons (Fsp3) is 0.300. The van der Waals surface area contributed by atoms with E-state index in [0.29, 0.717) is 23.3 Å². The van der Waals surface area contributed by atoms with Crippen molar-refractivity contribution in [3.05, 3.63) is 28.8 Å². The molecule has 0 radical (unpaired) electrons. The van der Waals surface area contributed by atoms with Crippen molar-refractivity contribution in [1.82, 2.24) is 0 Å². The Kier molecular flexibility index (Phi) is 4.49. The van der Waals surface area contributed by atoms with Crippen molar-refractivity contribution in [2.24, 2.45) is 0 Å². The molecule has 0 N–H and O–H groups in total. The van der Waals surface area contributed by atoms with E-state index in [9.17, 15) is 13.6 Å². The van der Waals surface area contributed by atoms with Crippen molar-refractivity contribution >= 4 is 17.9 Å². The molecular formula is C10H9ClF2O2. The van der Waals surface area contributed by atoms with E-state index in [4.69, 9.17) is 11.6 Å². The van der Waals surface area contributed by atoms with Crippen LogP contribution in [0.5, 0.6) is 5.75 Å². The third-order valence-electron chi connectivity index (χ3n) is 1.77. The molecule has 5 heteroatoms. The quantitative estimate of drug-likeness (QED) is 0.732. The first-order chi connectivity index (χ1) is 7.13. The number of hydrogen-bond donors (Lipinski definition) is 0. The zero-order valence-electron chi connectivity index (χ0n) is 7.75. The van der Waals surface area contributed by atoms with Crippen LogP contribution in [0.2, 0.25) is 5.02 Å². The lowest BCUT2D eigenvalue weighted by Gasteiger charge is -2.09. The van der Waals surface area contributed by atoms with Gasteiger partial charge in [0.1, 0.15) is 12.0 Å². The highest BCUT2D eigenvalue weighted by Crippen LogP contribution is 2.25. The molecule has 1 aromatic carbocycles. The summed E-state index contributed by atoms with van der Waals surface area (Å²) < 4.78 is 28.3. The average molecular weight is 235 g/mol. The van der Waals surface area contributed by atoms with Gasteiger partial charge in [0.05, 0.1) is 0 Å². The minimum atomic E-state index is -2.87. The van der Waals surface area contributed by atoms with Crippen LogP contribution in [0.15, 0.2) is 18.2 Å². The normalized spacial score (nSPS) is 10.4. The number of hydrogen-bond acceptors (Lipinski definition) is 2. The number of aryl methyl sites for hydroxylation is 1. The van der Waals surface area contributed by atoms with Gasteiger partial charge in [0, 0.05) is 11.4 Å². The Balaban J connectivity index is 2.86. The van der Waals surface area contributed by atoms with Gasteiger partial charge >= 0.3 is 6.61 Å². The standard InChI is InChI=1S/C10H9ClF2O2/c11-8-3-4-9(15-10(12)13)7(6-8)2-1-5-14/h3-6,10H,1-2H2. The van der Waals surface area contributed by atoms with Gasteiger partial charge in [-0.25, -0.2) is 0 Å². The van der Waals surface area contributed by atoms with Gasteiger partial charge in [-0.05, 0) is 30.2 Å². The predicted molar refractivity (Wildman–Crippen MR) is 52.5 cm³/mol. The maximum atomic E-state index is 12.0. The molecule has 1 rings (SSSR count). The molecule has 0 atom stereocenters. The molecule has 0 aliphatic rings. The Labute approximate surface area is 90.8 Å². The molecule has 0 saturated heterocycles. The van der Waals surface area contributed by atoms with Crippen LogP contribution < -0.4 is 4.74 Å². The minimum absolute atomic E-state index is 0.0660. The zero-order chi connectivity index (χ0) is 11.3. The molecule has 0 bridgehead atoms. The Hall–Kier alpha value is -1.16. The van der Waals surface area contributed by atoms with Crippen LogP contribution in [0, 0.1) is 0 Å². The van der Waals surface area contributed by atoms with Gasteiger partial charge in [0.2, 0.25) is 0 Å². The molecule has 82 valence electrons. The number of benzene rings is 1. The Morgan fingerprint density at radius 3 is 2.80 bits per heavy atom. The summed E-state index contributed by atoms with van der Waals surface area (Å²) in [5.41, 5.74) is 0.509. The first-order valence-corrected chi connectivity index (χ1v) is 4.68. The summed E-state index contributed by atoms with van der Waals surface area (Å²) in [5.74, 6) is 0.0660. The van der Waals surface area contributed by atoms with Crippen molar-refractivity contribution in [2.45, 2.75) is 19.5 Å². The molecule has 0 aromatic heterocycles. The van der Waals surface area contributed by atoms with Crippen molar-refractivity contribution in [2.75, 3.05) is 0 Å². The molecule has 0 aliphatic heterocycles. The van der Waals surface area contributed by atoms with E-state index in [0.717, 1.165) is 0 Å². The van der Waals surface area contributed by atoms with E-state index in [-0.39, 0.29) is 12.2 Å². The highest BCUT2D eigenvalue weighted by Gasteiger charge is 2.09. The lowest BCUT2D eigenvalue weighted by Crippen LogP contribution is -2.04. The summed E-state index contributed by atoms with van der Waals surface area (Å²) in [6.07, 6.45) is 1.30. The number of aldehydes is 1. The van der Waals surface area contributed by atoms with E-state index >= 15 is 0 Å². The monoisotopic (exact) mass is 234 g/mol. The smallest absolute Gasteiger partial charge is 0.387 e. The molecule has 0 aliphatic carbocycles. The van der Waals surface area contributed by atoms with E-state index < -0.39 is 6.61 Å². The molecule has 0 spiro atoms. The number of alkyl halides is 2. The second-order valence-corrected chi connectivity index (χ2v) is 3.27. The molecule has 2 nitrogen and oxygen atoms in total. The summed E-state index contributed by atoms with van der Waals surface area (Å²) in [6, 6.07) is 4.35. The van der Waals surface area contributed by atoms with E-state index in [1.807, 2.05) is 0 Å². The van der Waals surface area contributed by atoms with Crippen molar-refractivity contribution in [1.29, 1.82) is 0 Å². The zero-order valence-corrected chi connectivity index (χ0v) is 8.51. The molecular weight excluding hydrogens is 226 g/mol. The Bertz CT molecular complexity index is 342. The Morgan fingerprint density at radius 2 is 2.20 bits per heavy atom. The SMILES string of the molecule is O=CCCc1cc(Cl)ccc1OC(F)F. The van der Waals surface area contributed by atoms with Gasteiger partial charge in [0.15, 0.2) is 0 Å². The summed E-state index contributed by atoms with van der Waals surface area (Å²) in [6.45, 7) is -2.87. The third kappa shape index (κ3) is 3.83. The van der Waals surface area contributed by atoms with Gasteiger partial charge in [-0.3, -0.25) is 0 Å². The van der Waals surface area contributed by atoms with Crippen LogP contribution in [0.25, 0.3) is 0 Å². The second kappa shape index (κ2) is 5.66. The van der Waals surface area contributed by atoms with Gasteiger partial charge in [-0.15, -0.1) is 0 Å². The number of rotatable bonds is 5. The van der Waals surface area contributed by atoms with Gasteiger partial charge < -0.3 is 9.53 Å². The number of halogens is 3. The maximum Gasteiger partial charge on any atom is 0.387 e. The average Bonchev–Trinajstić information content (AvgIpc) is 2.18. The molecule has 0 fully saturated rings. The highest BCUT2D eigenvalue weighted by molar-refractivity contribution is 6.30. The summed E-state index contributed by atoms with van der Waals surface area (Å²) in [4.78, 5) is 10.2. The van der Waals surface area contributed by atoms with E-state index in [2.05, 4.69) is 4.74 Å². The van der Waals surface area contributed by atoms with Crippen molar-refractivity contribution < 1.29 is 18.3 Å². The third-order valence-corrected chi connectivity index (χ3v) is 2.01.